The van der Waals surface area contributed by atoms with E-state index < -0.39 is 33.7 Å². The van der Waals surface area contributed by atoms with Gasteiger partial charge in [-0.3, -0.25) is 28.8 Å². The lowest BCUT2D eigenvalue weighted by Gasteiger charge is -2.33. The van der Waals surface area contributed by atoms with Crippen molar-refractivity contribution in [3.63, 3.8) is 0 Å². The van der Waals surface area contributed by atoms with Crippen LogP contribution in [-0.4, -0.2) is 96.0 Å². The van der Waals surface area contributed by atoms with Gasteiger partial charge in [-0.1, -0.05) is 41.5 Å². The van der Waals surface area contributed by atoms with Gasteiger partial charge in [-0.15, -0.1) is 0 Å². The summed E-state index contributed by atoms with van der Waals surface area (Å²) in [5.74, 6) is -2.47. The largest absolute Gasteiger partial charge is 0.481 e. The molecular weight excluding hydrogens is 606 g/mol. The van der Waals surface area contributed by atoms with Crippen LogP contribution in [0.25, 0.3) is 0 Å². The fourth-order valence-corrected chi connectivity index (χ4v) is 5.23. The molecule has 0 heterocycles. The summed E-state index contributed by atoms with van der Waals surface area (Å²) < 4.78 is 6.08. The molecule has 0 aliphatic rings. The van der Waals surface area contributed by atoms with E-state index in [1.54, 1.807) is 41.5 Å². The Morgan fingerprint density at radius 3 is 1.64 bits per heavy atom. The zero-order valence-corrected chi connectivity index (χ0v) is 31.0. The van der Waals surface area contributed by atoms with E-state index in [-0.39, 0.29) is 68.2 Å². The Bertz CT molecular complexity index is 1060. The molecule has 0 aromatic carbocycles. The molecule has 0 aliphatic heterocycles. The third-order valence-electron chi connectivity index (χ3n) is 7.56. The molecule has 0 rings (SSSR count). The Labute approximate surface area is 282 Å². The van der Waals surface area contributed by atoms with Crippen molar-refractivity contribution in [3.8, 4) is 0 Å². The van der Waals surface area contributed by atoms with Gasteiger partial charge < -0.3 is 36.0 Å². The number of hydrogen-bond donors (Lipinski definition) is 5. The van der Waals surface area contributed by atoms with Crippen molar-refractivity contribution in [2.24, 2.45) is 16.2 Å². The van der Waals surface area contributed by atoms with Crippen LogP contribution < -0.4 is 21.3 Å². The maximum absolute atomic E-state index is 13.0. The smallest absolute Gasteiger partial charge is 0.303 e. The molecule has 0 bridgehead atoms. The van der Waals surface area contributed by atoms with Crippen LogP contribution in [-0.2, 0) is 33.5 Å². The predicted octanol–water partition coefficient (Wildman–Crippen LogP) is 3.01. The van der Waals surface area contributed by atoms with Crippen LogP contribution in [0.15, 0.2) is 0 Å². The molecule has 0 saturated carbocycles. The van der Waals surface area contributed by atoms with Crippen LogP contribution in [0.4, 0.5) is 0 Å². The molecule has 5 amide bonds. The van der Waals surface area contributed by atoms with Crippen molar-refractivity contribution in [1.82, 2.24) is 26.2 Å². The van der Waals surface area contributed by atoms with E-state index in [1.807, 2.05) is 41.5 Å². The molecule has 0 spiro atoms. The fraction of sp³-hybridized carbons (Fsp3) is 0.824. The van der Waals surface area contributed by atoms with Crippen LogP contribution in [0.5, 0.6) is 0 Å². The van der Waals surface area contributed by atoms with Crippen molar-refractivity contribution in [2.75, 3.05) is 32.8 Å². The first-order chi connectivity index (χ1) is 21.3. The zero-order chi connectivity index (χ0) is 36.8. The SMILES string of the molecule is CC(C)NC(=O)CN(CC(=O)NC(C)C)C(=O)CCNC(=O)C(C)(C)CCOC(C)(C)CCNC(=O)C(C)(C)CC(C)(C)CC(=O)O. The minimum atomic E-state index is -0.892. The number of rotatable bonds is 22. The second-order valence-corrected chi connectivity index (χ2v) is 15.7. The zero-order valence-electron chi connectivity index (χ0n) is 31.0. The van der Waals surface area contributed by atoms with E-state index in [4.69, 9.17) is 9.84 Å². The van der Waals surface area contributed by atoms with E-state index in [9.17, 15) is 28.8 Å². The van der Waals surface area contributed by atoms with Crippen molar-refractivity contribution in [3.05, 3.63) is 0 Å². The van der Waals surface area contributed by atoms with Gasteiger partial charge in [-0.25, -0.2) is 0 Å². The Morgan fingerprint density at radius 1 is 0.702 bits per heavy atom. The molecule has 47 heavy (non-hydrogen) atoms. The first-order valence-corrected chi connectivity index (χ1v) is 16.6. The quantitative estimate of drug-likeness (QED) is 0.117. The van der Waals surface area contributed by atoms with Gasteiger partial charge in [0.2, 0.25) is 29.5 Å². The van der Waals surface area contributed by atoms with Crippen LogP contribution in [0.2, 0.25) is 0 Å². The number of nitrogens with one attached hydrogen (secondary N) is 4. The summed E-state index contributed by atoms with van der Waals surface area (Å²) in [5, 5.41) is 20.3. The lowest BCUT2D eigenvalue weighted by molar-refractivity contribution is -0.141. The third kappa shape index (κ3) is 19.3. The van der Waals surface area contributed by atoms with E-state index in [2.05, 4.69) is 21.3 Å². The molecule has 5 N–H and O–H groups in total. The molecule has 0 atom stereocenters. The minimum Gasteiger partial charge on any atom is -0.481 e. The van der Waals surface area contributed by atoms with Crippen molar-refractivity contribution in [2.45, 2.75) is 133 Å². The topological polar surface area (TPSA) is 183 Å². The van der Waals surface area contributed by atoms with Gasteiger partial charge in [0.25, 0.3) is 0 Å². The number of carbonyl (C=O) groups is 6. The molecule has 0 radical (unpaired) electrons. The van der Waals surface area contributed by atoms with Crippen LogP contribution in [0.1, 0.15) is 115 Å². The van der Waals surface area contributed by atoms with Gasteiger partial charge in [0, 0.05) is 49.0 Å². The summed E-state index contributed by atoms with van der Waals surface area (Å²) in [5.41, 5.74) is -2.64. The Balaban J connectivity index is 4.86. The summed E-state index contributed by atoms with van der Waals surface area (Å²) in [6, 6.07) is -0.233. The van der Waals surface area contributed by atoms with E-state index in [1.165, 1.54) is 4.90 Å². The van der Waals surface area contributed by atoms with Gasteiger partial charge in [0.1, 0.15) is 13.1 Å². The molecule has 0 fully saturated rings. The maximum atomic E-state index is 13.0. The molecule has 272 valence electrons. The average molecular weight is 670 g/mol. The van der Waals surface area contributed by atoms with E-state index in [0.717, 1.165) is 0 Å². The summed E-state index contributed by atoms with van der Waals surface area (Å²) in [7, 11) is 0. The number of carboxylic acids is 1. The van der Waals surface area contributed by atoms with Crippen LogP contribution in [0, 0.1) is 16.2 Å². The number of nitrogens with zero attached hydrogens (tertiary/aromatic N) is 1. The first-order valence-electron chi connectivity index (χ1n) is 16.6. The number of ether oxygens (including phenoxy) is 1. The first kappa shape index (κ1) is 43.8. The molecule has 0 aromatic heterocycles. The van der Waals surface area contributed by atoms with E-state index in [0.29, 0.717) is 32.4 Å². The molecule has 0 aromatic rings. The highest BCUT2D eigenvalue weighted by Crippen LogP contribution is 2.36. The van der Waals surface area contributed by atoms with Gasteiger partial charge in [0.15, 0.2) is 0 Å². The minimum absolute atomic E-state index is 0.0209. The summed E-state index contributed by atoms with van der Waals surface area (Å²) >= 11 is 0. The number of carboxylic acid groups (broad SMARTS) is 1. The van der Waals surface area contributed by atoms with Crippen LogP contribution >= 0.6 is 0 Å². The lowest BCUT2D eigenvalue weighted by atomic mass is 9.73. The summed E-state index contributed by atoms with van der Waals surface area (Å²) in [4.78, 5) is 75.7. The van der Waals surface area contributed by atoms with Gasteiger partial charge in [0.05, 0.1) is 12.0 Å². The van der Waals surface area contributed by atoms with Crippen molar-refractivity contribution in [1.29, 1.82) is 0 Å². The Hall–Kier alpha value is -3.22. The average Bonchev–Trinajstić information content (AvgIpc) is 2.85. The molecule has 13 heteroatoms. The lowest BCUT2D eigenvalue weighted by Crippen LogP contribution is -2.48. The number of aliphatic carboxylic acids is 1. The number of carbonyl (C=O) groups excluding carboxylic acids is 5. The van der Waals surface area contributed by atoms with Gasteiger partial charge in [-0.2, -0.15) is 0 Å². The second-order valence-electron chi connectivity index (χ2n) is 15.7. The van der Waals surface area contributed by atoms with Crippen LogP contribution in [0.3, 0.4) is 0 Å². The maximum Gasteiger partial charge on any atom is 0.303 e. The normalized spacial score (nSPS) is 12.5. The van der Waals surface area contributed by atoms with Crippen molar-refractivity contribution < 1.29 is 38.6 Å². The summed E-state index contributed by atoms with van der Waals surface area (Å²) in [6.45, 7) is 22.1. The summed E-state index contributed by atoms with van der Waals surface area (Å²) in [6.07, 6.45) is 1.27. The third-order valence-corrected chi connectivity index (χ3v) is 7.56. The van der Waals surface area contributed by atoms with Crippen molar-refractivity contribution >= 4 is 35.5 Å². The van der Waals surface area contributed by atoms with Gasteiger partial charge in [-0.05, 0) is 66.2 Å². The van der Waals surface area contributed by atoms with Gasteiger partial charge >= 0.3 is 5.97 Å². The molecule has 13 nitrogen and oxygen atoms in total. The monoisotopic (exact) mass is 669 g/mol. The second kappa shape index (κ2) is 18.9. The predicted molar refractivity (Wildman–Crippen MR) is 181 cm³/mol. The highest BCUT2D eigenvalue weighted by molar-refractivity contribution is 5.89. The van der Waals surface area contributed by atoms with E-state index >= 15 is 0 Å². The highest BCUT2D eigenvalue weighted by atomic mass is 16.5. The molecule has 0 saturated heterocycles. The molecular formula is C34H63N5O8. The number of amides is 5. The Kier molecular flexibility index (Phi) is 17.6. The fourth-order valence-electron chi connectivity index (χ4n) is 5.23. The molecule has 0 aliphatic carbocycles. The Morgan fingerprint density at radius 2 is 1.17 bits per heavy atom. The highest BCUT2D eigenvalue weighted by Gasteiger charge is 2.36. The standard InChI is InChI=1S/C34H63N5O8/c1-23(2)37-25(40)20-39(21-26(41)38-24(3)4)27(42)13-16-35-29(45)32(7,8)15-18-47-34(11,12)14-17-36-30(46)33(9,10)22-31(5,6)19-28(43)44/h23-24H,13-22H2,1-12H3,(H,35,45)(H,36,46)(H,37,40)(H,38,41)(H,43,44). The number of hydrogen-bond acceptors (Lipinski definition) is 7. The molecule has 0 unspecified atom stereocenters.